The van der Waals surface area contributed by atoms with E-state index in [0.29, 0.717) is 5.57 Å². The molecule has 0 saturated carbocycles. The van der Waals surface area contributed by atoms with Crippen molar-refractivity contribution in [2.45, 2.75) is 6.04 Å². The van der Waals surface area contributed by atoms with Crippen molar-refractivity contribution < 1.29 is 4.58 Å². The molecule has 0 bridgehead atoms. The van der Waals surface area contributed by atoms with E-state index in [4.69, 9.17) is 6.42 Å². The quantitative estimate of drug-likeness (QED) is 0.281. The predicted octanol–water partition coefficient (Wildman–Crippen LogP) is 0.784. The highest BCUT2D eigenvalue weighted by Gasteiger charge is 2.12. The summed E-state index contributed by atoms with van der Waals surface area (Å²) in [7, 11) is 1.95. The third-order valence-corrected chi connectivity index (χ3v) is 1.57. The van der Waals surface area contributed by atoms with Gasteiger partial charge in [0.1, 0.15) is 13.1 Å². The molecule has 0 N–H and O–H groups in total. The van der Waals surface area contributed by atoms with E-state index < -0.39 is 0 Å². The van der Waals surface area contributed by atoms with Crippen LogP contribution in [0.5, 0.6) is 0 Å². The van der Waals surface area contributed by atoms with Crippen molar-refractivity contribution >= 4 is 6.21 Å². The molecule has 50 valence electrons. The minimum absolute atomic E-state index is 0.150. The Hall–Kier alpha value is -1.29. The van der Waals surface area contributed by atoms with Gasteiger partial charge < -0.3 is 6.42 Å². The van der Waals surface area contributed by atoms with Gasteiger partial charge in [-0.1, -0.05) is 5.57 Å². The Bertz CT molecular complexity index is 250. The Morgan fingerprint density at radius 2 is 2.50 bits per heavy atom. The van der Waals surface area contributed by atoms with Crippen LogP contribution in [0.15, 0.2) is 24.3 Å². The van der Waals surface area contributed by atoms with Crippen LogP contribution in [0.4, 0.5) is 0 Å². The van der Waals surface area contributed by atoms with Gasteiger partial charge in [-0.15, -0.1) is 0 Å². The first kappa shape index (κ1) is 6.82. The Morgan fingerprint density at radius 3 is 2.90 bits per heavy atom. The summed E-state index contributed by atoms with van der Waals surface area (Å²) in [5.41, 5.74) is 0.701. The molecule has 1 heterocycles. The summed E-state index contributed by atoms with van der Waals surface area (Å²) in [5.74, 6) is 2.28. The highest BCUT2D eigenvalue weighted by atomic mass is 15.0. The third kappa shape index (κ3) is 1.01. The molecule has 0 fully saturated rings. The molecule has 10 heavy (non-hydrogen) atoms. The van der Waals surface area contributed by atoms with Crippen LogP contribution in [0.1, 0.15) is 0 Å². The van der Waals surface area contributed by atoms with Gasteiger partial charge in [0.2, 0.25) is 0 Å². The summed E-state index contributed by atoms with van der Waals surface area (Å²) in [6.45, 7) is 3.69. The average molecular weight is 131 g/mol. The van der Waals surface area contributed by atoms with Crippen molar-refractivity contribution in [2.24, 2.45) is 0 Å². The van der Waals surface area contributed by atoms with Crippen molar-refractivity contribution in [3.63, 3.8) is 0 Å². The van der Waals surface area contributed by atoms with E-state index in [2.05, 4.69) is 12.5 Å². The van der Waals surface area contributed by atoms with Crippen LogP contribution in [0, 0.1) is 12.3 Å². The second-order valence-corrected chi connectivity index (χ2v) is 2.29. The van der Waals surface area contributed by atoms with Crippen LogP contribution in [-0.2, 0) is 0 Å². The molecule has 0 aliphatic carbocycles. The smallest absolute Gasteiger partial charge is 0.162 e. The van der Waals surface area contributed by atoms with E-state index in [0.717, 1.165) is 0 Å². The monoisotopic (exact) mass is 131 g/mol. The van der Waals surface area contributed by atoms with Gasteiger partial charge in [0.15, 0.2) is 6.21 Å². The maximum absolute atomic E-state index is 6.84. The predicted molar refractivity (Wildman–Crippen MR) is 41.4 cm³/mol. The summed E-state index contributed by atoms with van der Waals surface area (Å²) in [4.78, 5) is 0. The lowest BCUT2D eigenvalue weighted by Gasteiger charge is -2.09. The summed E-state index contributed by atoms with van der Waals surface area (Å²) in [5, 5.41) is 0. The SMILES string of the molecule is [C-]#CC(=C)C1C=CC=[N+]1C. The molecule has 0 aromatic rings. The van der Waals surface area contributed by atoms with Crippen LogP contribution >= 0.6 is 0 Å². The van der Waals surface area contributed by atoms with Crippen molar-refractivity contribution in [1.82, 2.24) is 0 Å². The second-order valence-electron chi connectivity index (χ2n) is 2.29. The first-order chi connectivity index (χ1) is 4.75. The Balaban J connectivity index is 2.79. The van der Waals surface area contributed by atoms with Gasteiger partial charge in [0, 0.05) is 6.08 Å². The summed E-state index contributed by atoms with van der Waals surface area (Å²) in [6, 6.07) is 0.150. The fraction of sp³-hybridized carbons (Fsp3) is 0.222. The van der Waals surface area contributed by atoms with Crippen molar-refractivity contribution in [3.8, 4) is 5.92 Å². The highest BCUT2D eigenvalue weighted by molar-refractivity contribution is 5.69. The van der Waals surface area contributed by atoms with E-state index in [1.54, 1.807) is 0 Å². The van der Waals surface area contributed by atoms with E-state index in [9.17, 15) is 0 Å². The maximum atomic E-state index is 6.84. The number of hydrogen-bond acceptors (Lipinski definition) is 0. The molecular weight excluding hydrogens is 122 g/mol. The van der Waals surface area contributed by atoms with Gasteiger partial charge in [-0.2, -0.15) is 6.58 Å². The van der Waals surface area contributed by atoms with Gasteiger partial charge in [0.05, 0.1) is 0 Å². The van der Waals surface area contributed by atoms with Crippen LogP contribution < -0.4 is 0 Å². The van der Waals surface area contributed by atoms with Gasteiger partial charge in [0.25, 0.3) is 0 Å². The molecule has 0 amide bonds. The van der Waals surface area contributed by atoms with Crippen molar-refractivity contribution in [3.05, 3.63) is 30.7 Å². The largest absolute Gasteiger partial charge is 0.366 e. The average Bonchev–Trinajstić information content (AvgIpc) is 2.34. The highest BCUT2D eigenvalue weighted by Crippen LogP contribution is 2.06. The Morgan fingerprint density at radius 1 is 1.80 bits per heavy atom. The zero-order valence-corrected chi connectivity index (χ0v) is 5.96. The zero-order valence-electron chi connectivity index (χ0n) is 5.96. The topological polar surface area (TPSA) is 3.01 Å². The molecule has 0 saturated heterocycles. The minimum Gasteiger partial charge on any atom is -0.366 e. The molecule has 0 spiro atoms. The lowest BCUT2D eigenvalue weighted by Crippen LogP contribution is -2.18. The Labute approximate surface area is 61.4 Å². The second kappa shape index (κ2) is 2.53. The molecule has 1 rings (SSSR count). The van der Waals surface area contributed by atoms with Gasteiger partial charge in [-0.3, -0.25) is 5.92 Å². The summed E-state index contributed by atoms with van der Waals surface area (Å²) < 4.78 is 1.99. The zero-order chi connectivity index (χ0) is 7.56. The molecule has 1 unspecified atom stereocenters. The lowest BCUT2D eigenvalue weighted by molar-refractivity contribution is -0.506. The van der Waals surface area contributed by atoms with Crippen LogP contribution in [0.2, 0.25) is 0 Å². The van der Waals surface area contributed by atoms with E-state index in [1.165, 1.54) is 0 Å². The number of rotatable bonds is 1. The fourth-order valence-corrected chi connectivity index (χ4v) is 0.955. The van der Waals surface area contributed by atoms with E-state index in [1.807, 2.05) is 30.0 Å². The van der Waals surface area contributed by atoms with Crippen LogP contribution in [0.3, 0.4) is 0 Å². The number of likely N-dealkylation sites (N-methyl/N-ethyl adjacent to an activating group) is 1. The molecule has 1 aliphatic rings. The van der Waals surface area contributed by atoms with E-state index >= 15 is 0 Å². The Kier molecular flexibility index (Phi) is 1.73. The lowest BCUT2D eigenvalue weighted by atomic mass is 10.1. The first-order valence-corrected chi connectivity index (χ1v) is 3.11. The number of allylic oxidation sites excluding steroid dienone is 1. The molecule has 0 radical (unpaired) electrons. The summed E-state index contributed by atoms with van der Waals surface area (Å²) >= 11 is 0. The van der Waals surface area contributed by atoms with Crippen molar-refractivity contribution in [1.29, 1.82) is 0 Å². The molecule has 1 nitrogen and oxygen atoms in total. The number of nitrogens with zero attached hydrogens (tertiary/aromatic N) is 1. The van der Waals surface area contributed by atoms with E-state index in [-0.39, 0.29) is 6.04 Å². The molecule has 1 heteroatoms. The third-order valence-electron chi connectivity index (χ3n) is 1.57. The molecular formula is C9H9N. The first-order valence-electron chi connectivity index (χ1n) is 3.11. The minimum atomic E-state index is 0.150. The normalized spacial score (nSPS) is 22.0. The summed E-state index contributed by atoms with van der Waals surface area (Å²) in [6.07, 6.45) is 12.7. The molecule has 0 aromatic carbocycles. The standard InChI is InChI=1S/C9H9N/c1-4-8(2)9-6-5-7-10(9)3/h5-7,9H,2H2,3H3. The molecule has 1 aliphatic heterocycles. The molecule has 0 aromatic heterocycles. The van der Waals surface area contributed by atoms with Crippen molar-refractivity contribution in [2.75, 3.05) is 7.05 Å². The molecule has 1 atom stereocenters. The maximum Gasteiger partial charge on any atom is 0.162 e. The van der Waals surface area contributed by atoms with Gasteiger partial charge >= 0.3 is 0 Å². The van der Waals surface area contributed by atoms with Crippen LogP contribution in [-0.4, -0.2) is 23.9 Å². The fourth-order valence-electron chi connectivity index (χ4n) is 0.955. The van der Waals surface area contributed by atoms with Gasteiger partial charge in [-0.05, 0) is 6.08 Å². The number of hydrogen-bond donors (Lipinski definition) is 0. The van der Waals surface area contributed by atoms with Crippen LogP contribution in [0.25, 0.3) is 0 Å². The van der Waals surface area contributed by atoms with Gasteiger partial charge in [-0.25, -0.2) is 4.58 Å².